The molecule has 3 aromatic rings. The lowest BCUT2D eigenvalue weighted by Gasteiger charge is -2.47. The first-order valence-corrected chi connectivity index (χ1v) is 10.3. The number of benzene rings is 3. The van der Waals surface area contributed by atoms with Crippen LogP contribution in [-0.4, -0.2) is 12.8 Å². The quantitative estimate of drug-likeness (QED) is 0.518. The number of hydrogen-bond acceptors (Lipinski definition) is 2. The fraction of sp³-hybridized carbons (Fsp3) is 0.208. The molecule has 4 heteroatoms. The highest BCUT2D eigenvalue weighted by atomic mass is 35.5. The van der Waals surface area contributed by atoms with Crippen LogP contribution < -0.4 is 5.32 Å². The monoisotopic (exact) mass is 406 g/mol. The third-order valence-corrected chi connectivity index (χ3v) is 6.53. The zero-order valence-corrected chi connectivity index (χ0v) is 16.8. The molecule has 3 aromatic carbocycles. The molecule has 0 bridgehead atoms. The van der Waals surface area contributed by atoms with Gasteiger partial charge in [0.1, 0.15) is 0 Å². The number of piperidine rings is 1. The third kappa shape index (κ3) is 2.79. The number of aliphatic imine (C=N–C) groups is 1. The number of rotatable bonds is 2. The molecule has 0 amide bonds. The van der Waals surface area contributed by atoms with Gasteiger partial charge in [-0.1, -0.05) is 71.7 Å². The summed E-state index contributed by atoms with van der Waals surface area (Å²) in [7, 11) is 0. The Bertz CT molecular complexity index is 1050. The maximum absolute atomic E-state index is 6.37. The molecule has 0 saturated carbocycles. The lowest BCUT2D eigenvalue weighted by molar-refractivity contribution is 0.270. The van der Waals surface area contributed by atoms with E-state index < -0.39 is 0 Å². The number of halogens is 2. The molecule has 28 heavy (non-hydrogen) atoms. The molecule has 0 unspecified atom stereocenters. The Morgan fingerprint density at radius 2 is 1.64 bits per heavy atom. The van der Waals surface area contributed by atoms with E-state index in [2.05, 4.69) is 60.1 Å². The minimum atomic E-state index is -0.287. The van der Waals surface area contributed by atoms with Crippen molar-refractivity contribution in [1.29, 1.82) is 0 Å². The van der Waals surface area contributed by atoms with Gasteiger partial charge in [0.15, 0.2) is 0 Å². The molecular formula is C24H20Cl2N2. The summed E-state index contributed by atoms with van der Waals surface area (Å²) in [5, 5.41) is 5.27. The highest BCUT2D eigenvalue weighted by Crippen LogP contribution is 2.56. The molecule has 0 radical (unpaired) electrons. The van der Waals surface area contributed by atoms with Crippen molar-refractivity contribution in [2.45, 2.75) is 23.8 Å². The SMILES string of the molecule is Clc1cccc([C@@H]2CCN[C@H](c3ccccc3)[C@@]23C=Nc2cc(Cl)ccc23)c1. The van der Waals surface area contributed by atoms with E-state index in [4.69, 9.17) is 28.2 Å². The Morgan fingerprint density at radius 1 is 0.857 bits per heavy atom. The van der Waals surface area contributed by atoms with Crippen LogP contribution in [0.4, 0.5) is 5.69 Å². The second-order valence-corrected chi connectivity index (χ2v) is 8.42. The smallest absolute Gasteiger partial charge is 0.0683 e. The van der Waals surface area contributed by atoms with Gasteiger partial charge < -0.3 is 5.32 Å². The van der Waals surface area contributed by atoms with Crippen molar-refractivity contribution >= 4 is 35.1 Å². The second-order valence-electron chi connectivity index (χ2n) is 7.55. The van der Waals surface area contributed by atoms with E-state index in [1.807, 2.05) is 24.3 Å². The largest absolute Gasteiger partial charge is 0.309 e. The van der Waals surface area contributed by atoms with Crippen LogP contribution in [0.15, 0.2) is 77.8 Å². The highest BCUT2D eigenvalue weighted by molar-refractivity contribution is 6.31. The predicted octanol–water partition coefficient (Wildman–Crippen LogP) is 6.47. The van der Waals surface area contributed by atoms with Crippen molar-refractivity contribution in [3.63, 3.8) is 0 Å². The van der Waals surface area contributed by atoms with E-state index in [1.54, 1.807) is 0 Å². The summed E-state index contributed by atoms with van der Waals surface area (Å²) in [5.74, 6) is 0.267. The molecule has 3 atom stereocenters. The molecule has 5 rings (SSSR count). The van der Waals surface area contributed by atoms with Crippen molar-refractivity contribution in [2.24, 2.45) is 4.99 Å². The molecule has 140 valence electrons. The Hall–Kier alpha value is -2.13. The molecule has 2 aliphatic rings. The van der Waals surface area contributed by atoms with Gasteiger partial charge in [-0.15, -0.1) is 0 Å². The van der Waals surface area contributed by atoms with Crippen LogP contribution in [0.5, 0.6) is 0 Å². The lowest BCUT2D eigenvalue weighted by Crippen LogP contribution is -2.51. The Labute approximate surface area is 175 Å². The fourth-order valence-corrected chi connectivity index (χ4v) is 5.28. The average Bonchev–Trinajstić information content (AvgIpc) is 3.07. The molecule has 1 spiro atoms. The molecule has 2 heterocycles. The van der Waals surface area contributed by atoms with Crippen LogP contribution in [0, 0.1) is 0 Å². The molecule has 1 saturated heterocycles. The zero-order chi connectivity index (χ0) is 19.1. The van der Waals surface area contributed by atoms with E-state index >= 15 is 0 Å². The summed E-state index contributed by atoms with van der Waals surface area (Å²) in [6.07, 6.45) is 3.15. The maximum Gasteiger partial charge on any atom is 0.0683 e. The Balaban J connectivity index is 1.74. The van der Waals surface area contributed by atoms with E-state index in [0.717, 1.165) is 23.7 Å². The van der Waals surface area contributed by atoms with Gasteiger partial charge in [-0.2, -0.15) is 0 Å². The summed E-state index contributed by atoms with van der Waals surface area (Å²) in [6.45, 7) is 0.940. The summed E-state index contributed by atoms with van der Waals surface area (Å²) in [5.41, 5.74) is 4.42. The van der Waals surface area contributed by atoms with Crippen molar-refractivity contribution < 1.29 is 0 Å². The number of nitrogens with zero attached hydrogens (tertiary/aromatic N) is 1. The number of fused-ring (bicyclic) bond motifs is 2. The first-order chi connectivity index (χ1) is 13.7. The van der Waals surface area contributed by atoms with Crippen LogP contribution in [0.3, 0.4) is 0 Å². The van der Waals surface area contributed by atoms with Crippen LogP contribution in [0.25, 0.3) is 0 Å². The van der Waals surface area contributed by atoms with Gasteiger partial charge in [0, 0.05) is 28.2 Å². The summed E-state index contributed by atoms with van der Waals surface area (Å²) in [4.78, 5) is 4.83. The minimum absolute atomic E-state index is 0.123. The normalized spacial score (nSPS) is 25.8. The summed E-state index contributed by atoms with van der Waals surface area (Å²) >= 11 is 12.6. The van der Waals surface area contributed by atoms with Crippen LogP contribution in [-0.2, 0) is 5.41 Å². The third-order valence-electron chi connectivity index (χ3n) is 6.06. The topological polar surface area (TPSA) is 24.4 Å². The van der Waals surface area contributed by atoms with Crippen LogP contribution in [0.2, 0.25) is 10.0 Å². The van der Waals surface area contributed by atoms with Gasteiger partial charge in [0.2, 0.25) is 0 Å². The van der Waals surface area contributed by atoms with Crippen molar-refractivity contribution in [3.05, 3.63) is 99.5 Å². The molecule has 1 fully saturated rings. The van der Waals surface area contributed by atoms with Crippen LogP contribution in [0.1, 0.15) is 35.1 Å². The van der Waals surface area contributed by atoms with Crippen molar-refractivity contribution in [2.75, 3.05) is 6.54 Å². The first-order valence-electron chi connectivity index (χ1n) is 9.57. The fourth-order valence-electron chi connectivity index (χ4n) is 4.92. The zero-order valence-electron chi connectivity index (χ0n) is 15.3. The molecule has 0 aliphatic carbocycles. The minimum Gasteiger partial charge on any atom is -0.309 e. The van der Waals surface area contributed by atoms with Gasteiger partial charge >= 0.3 is 0 Å². The van der Waals surface area contributed by atoms with Crippen LogP contribution >= 0.6 is 23.2 Å². The average molecular weight is 407 g/mol. The van der Waals surface area contributed by atoms with E-state index in [9.17, 15) is 0 Å². The molecule has 0 aromatic heterocycles. The summed E-state index contributed by atoms with van der Waals surface area (Å²) in [6, 6.07) is 25.1. The Kier molecular flexibility index (Phi) is 4.51. The van der Waals surface area contributed by atoms with Gasteiger partial charge in [0.25, 0.3) is 0 Å². The predicted molar refractivity (Wildman–Crippen MR) is 117 cm³/mol. The van der Waals surface area contributed by atoms with Crippen molar-refractivity contribution in [1.82, 2.24) is 5.32 Å². The van der Waals surface area contributed by atoms with Gasteiger partial charge in [0.05, 0.1) is 11.1 Å². The van der Waals surface area contributed by atoms with Gasteiger partial charge in [-0.3, -0.25) is 4.99 Å². The second kappa shape index (κ2) is 7.04. The number of hydrogen-bond donors (Lipinski definition) is 1. The van der Waals surface area contributed by atoms with Gasteiger partial charge in [-0.25, -0.2) is 0 Å². The van der Waals surface area contributed by atoms with E-state index in [0.29, 0.717) is 5.02 Å². The standard InChI is InChI=1S/C24H20Cl2N2/c25-18-8-4-7-17(13-18)20-11-12-27-23(16-5-2-1-3-6-16)24(20)15-28-22-14-19(26)9-10-21(22)24/h1-10,13-15,20,23,27H,11-12H2/t20-,23+,24-/m0/s1. The van der Waals surface area contributed by atoms with E-state index in [-0.39, 0.29) is 17.4 Å². The molecule has 2 nitrogen and oxygen atoms in total. The maximum atomic E-state index is 6.37. The first kappa shape index (κ1) is 17.9. The molecular weight excluding hydrogens is 387 g/mol. The van der Waals surface area contributed by atoms with Gasteiger partial charge in [-0.05, 0) is 53.9 Å². The Morgan fingerprint density at radius 3 is 2.46 bits per heavy atom. The summed E-state index contributed by atoms with van der Waals surface area (Å²) < 4.78 is 0. The molecule has 1 N–H and O–H groups in total. The highest BCUT2D eigenvalue weighted by Gasteiger charge is 2.52. The molecule has 2 aliphatic heterocycles. The van der Waals surface area contributed by atoms with E-state index in [1.165, 1.54) is 16.7 Å². The van der Waals surface area contributed by atoms with Crippen molar-refractivity contribution in [3.8, 4) is 0 Å². The number of nitrogens with one attached hydrogen (secondary N) is 1. The lowest BCUT2D eigenvalue weighted by atomic mass is 9.60.